The monoisotopic (exact) mass is 374 g/mol. The van der Waals surface area contributed by atoms with Gasteiger partial charge in [-0.2, -0.15) is 5.10 Å². The van der Waals surface area contributed by atoms with Gasteiger partial charge in [0.15, 0.2) is 0 Å². The van der Waals surface area contributed by atoms with Gasteiger partial charge in [0.2, 0.25) is 11.8 Å². The molecule has 1 unspecified atom stereocenters. The van der Waals surface area contributed by atoms with E-state index in [1.165, 1.54) is 10.7 Å². The van der Waals surface area contributed by atoms with Gasteiger partial charge >= 0.3 is 0 Å². The van der Waals surface area contributed by atoms with Crippen LogP contribution in [0.3, 0.4) is 0 Å². The average molecular weight is 375 g/mol. The molecule has 0 radical (unpaired) electrons. The second kappa shape index (κ2) is 7.70. The Bertz CT molecular complexity index is 879. The number of nitrogens with one attached hydrogen (secondary N) is 1. The predicted molar refractivity (Wildman–Crippen MR) is 98.2 cm³/mol. The number of amides is 2. The zero-order chi connectivity index (χ0) is 18.7. The van der Waals surface area contributed by atoms with E-state index in [1.807, 2.05) is 0 Å². The van der Waals surface area contributed by atoms with Crippen LogP contribution in [0.4, 0.5) is 5.69 Å². The molecule has 1 N–H and O–H groups in total. The number of hydrogen-bond acceptors (Lipinski definition) is 4. The first kappa shape index (κ1) is 18.1. The van der Waals surface area contributed by atoms with Crippen molar-refractivity contribution >= 4 is 29.1 Å². The third-order valence-corrected chi connectivity index (χ3v) is 4.51. The molecule has 1 saturated heterocycles. The molecule has 2 heterocycles. The molecule has 0 aliphatic carbocycles. The van der Waals surface area contributed by atoms with Crippen molar-refractivity contribution < 1.29 is 9.59 Å². The van der Waals surface area contributed by atoms with E-state index in [2.05, 4.69) is 10.4 Å². The Morgan fingerprint density at radius 3 is 2.69 bits per heavy atom. The fraction of sp³-hybridized carbons (Fsp3) is 0.333. The highest BCUT2D eigenvalue weighted by atomic mass is 35.5. The van der Waals surface area contributed by atoms with E-state index in [4.69, 9.17) is 11.6 Å². The number of benzene rings is 1. The summed E-state index contributed by atoms with van der Waals surface area (Å²) in [6.45, 7) is 2.69. The minimum atomic E-state index is -0.416. The SMILES string of the molecule is Cc1ccc(=O)n(CCNC(=O)C2CC(=O)N(c3ccc(Cl)cc3)C2)n1. The van der Waals surface area contributed by atoms with Gasteiger partial charge in [0, 0.05) is 36.3 Å². The predicted octanol–water partition coefficient (Wildman–Crippen LogP) is 1.37. The molecular weight excluding hydrogens is 356 g/mol. The number of carbonyl (C=O) groups is 2. The number of aryl methyl sites for hydroxylation is 1. The highest BCUT2D eigenvalue weighted by Gasteiger charge is 2.34. The van der Waals surface area contributed by atoms with Crippen LogP contribution in [-0.2, 0) is 16.1 Å². The van der Waals surface area contributed by atoms with Crippen LogP contribution in [0.2, 0.25) is 5.02 Å². The summed E-state index contributed by atoms with van der Waals surface area (Å²) in [5, 5.41) is 7.49. The molecule has 26 heavy (non-hydrogen) atoms. The number of carbonyl (C=O) groups excluding carboxylic acids is 2. The van der Waals surface area contributed by atoms with Crippen LogP contribution in [0.25, 0.3) is 0 Å². The van der Waals surface area contributed by atoms with E-state index in [9.17, 15) is 14.4 Å². The largest absolute Gasteiger partial charge is 0.354 e. The van der Waals surface area contributed by atoms with Gasteiger partial charge in [0.25, 0.3) is 5.56 Å². The number of rotatable bonds is 5. The van der Waals surface area contributed by atoms with Crippen LogP contribution in [0.5, 0.6) is 0 Å². The number of halogens is 1. The lowest BCUT2D eigenvalue weighted by atomic mass is 10.1. The molecule has 136 valence electrons. The maximum Gasteiger partial charge on any atom is 0.266 e. The summed E-state index contributed by atoms with van der Waals surface area (Å²) < 4.78 is 1.31. The quantitative estimate of drug-likeness (QED) is 0.856. The molecular formula is C18H19ClN4O3. The van der Waals surface area contributed by atoms with Crippen molar-refractivity contribution in [3.8, 4) is 0 Å². The zero-order valence-electron chi connectivity index (χ0n) is 14.3. The van der Waals surface area contributed by atoms with Crippen molar-refractivity contribution in [2.45, 2.75) is 19.9 Å². The normalized spacial score (nSPS) is 16.8. The first-order chi connectivity index (χ1) is 12.4. The molecule has 1 aromatic carbocycles. The highest BCUT2D eigenvalue weighted by molar-refractivity contribution is 6.30. The molecule has 0 saturated carbocycles. The van der Waals surface area contributed by atoms with Crippen molar-refractivity contribution in [1.82, 2.24) is 15.1 Å². The van der Waals surface area contributed by atoms with E-state index >= 15 is 0 Å². The smallest absolute Gasteiger partial charge is 0.266 e. The Hall–Kier alpha value is -2.67. The molecule has 1 aliphatic rings. The lowest BCUT2D eigenvalue weighted by Crippen LogP contribution is -2.36. The summed E-state index contributed by atoms with van der Waals surface area (Å²) in [5.41, 5.74) is 1.25. The Balaban J connectivity index is 1.55. The van der Waals surface area contributed by atoms with E-state index in [0.29, 0.717) is 11.6 Å². The maximum atomic E-state index is 12.3. The van der Waals surface area contributed by atoms with E-state index in [0.717, 1.165) is 11.4 Å². The zero-order valence-corrected chi connectivity index (χ0v) is 15.1. The van der Waals surface area contributed by atoms with E-state index < -0.39 is 5.92 Å². The summed E-state index contributed by atoms with van der Waals surface area (Å²) in [7, 11) is 0. The highest BCUT2D eigenvalue weighted by Crippen LogP contribution is 2.26. The fourth-order valence-corrected chi connectivity index (χ4v) is 3.02. The van der Waals surface area contributed by atoms with E-state index in [-0.39, 0.29) is 36.9 Å². The summed E-state index contributed by atoms with van der Waals surface area (Å²) in [4.78, 5) is 37.8. The van der Waals surface area contributed by atoms with Crippen LogP contribution in [0, 0.1) is 12.8 Å². The fourth-order valence-electron chi connectivity index (χ4n) is 2.89. The Kier molecular flexibility index (Phi) is 5.37. The van der Waals surface area contributed by atoms with Gasteiger partial charge < -0.3 is 10.2 Å². The van der Waals surface area contributed by atoms with Gasteiger partial charge in [-0.3, -0.25) is 14.4 Å². The van der Waals surface area contributed by atoms with Crippen LogP contribution in [0.15, 0.2) is 41.2 Å². The van der Waals surface area contributed by atoms with Crippen LogP contribution < -0.4 is 15.8 Å². The molecule has 1 aliphatic heterocycles. The van der Waals surface area contributed by atoms with Gasteiger partial charge in [-0.05, 0) is 37.3 Å². The van der Waals surface area contributed by atoms with Crippen molar-refractivity contribution in [3.63, 3.8) is 0 Å². The molecule has 1 fully saturated rings. The number of nitrogens with zero attached hydrogens (tertiary/aromatic N) is 3. The van der Waals surface area contributed by atoms with Crippen molar-refractivity contribution in [1.29, 1.82) is 0 Å². The van der Waals surface area contributed by atoms with Gasteiger partial charge in [-0.15, -0.1) is 0 Å². The van der Waals surface area contributed by atoms with Gasteiger partial charge in [-0.1, -0.05) is 11.6 Å². The van der Waals surface area contributed by atoms with Crippen LogP contribution in [0.1, 0.15) is 12.1 Å². The number of aromatic nitrogens is 2. The van der Waals surface area contributed by atoms with Crippen molar-refractivity contribution in [2.75, 3.05) is 18.0 Å². The second-order valence-electron chi connectivity index (χ2n) is 6.21. The molecule has 0 spiro atoms. The third kappa shape index (κ3) is 4.11. The average Bonchev–Trinajstić information content (AvgIpc) is 3.00. The molecule has 3 rings (SSSR count). The van der Waals surface area contributed by atoms with Crippen LogP contribution in [-0.4, -0.2) is 34.7 Å². The first-order valence-electron chi connectivity index (χ1n) is 8.32. The molecule has 0 bridgehead atoms. The number of anilines is 1. The van der Waals surface area contributed by atoms with E-state index in [1.54, 1.807) is 42.2 Å². The molecule has 1 aromatic heterocycles. The molecule has 2 aromatic rings. The molecule has 2 amide bonds. The Labute approximate surface area is 155 Å². The van der Waals surface area contributed by atoms with Crippen molar-refractivity contribution in [2.24, 2.45) is 5.92 Å². The van der Waals surface area contributed by atoms with Gasteiger partial charge in [0.1, 0.15) is 0 Å². The Morgan fingerprint density at radius 2 is 1.96 bits per heavy atom. The summed E-state index contributed by atoms with van der Waals surface area (Å²) in [5.74, 6) is -0.708. The Morgan fingerprint density at radius 1 is 1.23 bits per heavy atom. The lowest BCUT2D eigenvalue weighted by molar-refractivity contribution is -0.126. The maximum absolute atomic E-state index is 12.3. The lowest BCUT2D eigenvalue weighted by Gasteiger charge is -2.16. The number of hydrogen-bond donors (Lipinski definition) is 1. The molecule has 7 nitrogen and oxygen atoms in total. The first-order valence-corrected chi connectivity index (χ1v) is 8.70. The second-order valence-corrected chi connectivity index (χ2v) is 6.65. The topological polar surface area (TPSA) is 84.3 Å². The van der Waals surface area contributed by atoms with Gasteiger partial charge in [-0.25, -0.2) is 4.68 Å². The standard InChI is InChI=1S/C18H19ClN4O3/c1-12-2-7-16(24)23(21-12)9-8-20-18(26)13-10-17(25)22(11-13)15-5-3-14(19)4-6-15/h2-7,13H,8-11H2,1H3,(H,20,26). The molecule has 8 heteroatoms. The molecule has 1 atom stereocenters. The van der Waals surface area contributed by atoms with Crippen molar-refractivity contribution in [3.05, 3.63) is 57.5 Å². The summed E-state index contributed by atoms with van der Waals surface area (Å²) in [6, 6.07) is 10.0. The summed E-state index contributed by atoms with van der Waals surface area (Å²) in [6.07, 6.45) is 0.164. The van der Waals surface area contributed by atoms with Gasteiger partial charge in [0.05, 0.1) is 18.2 Å². The third-order valence-electron chi connectivity index (χ3n) is 4.26. The van der Waals surface area contributed by atoms with Crippen LogP contribution >= 0.6 is 11.6 Å². The minimum absolute atomic E-state index is 0.0935. The minimum Gasteiger partial charge on any atom is -0.354 e. The summed E-state index contributed by atoms with van der Waals surface area (Å²) >= 11 is 5.87.